The first-order valence-electron chi connectivity index (χ1n) is 6.86. The van der Waals surface area contributed by atoms with Crippen LogP contribution in [0.2, 0.25) is 0 Å². The summed E-state index contributed by atoms with van der Waals surface area (Å²) in [5, 5.41) is 6.28. The number of hydrogen-bond acceptors (Lipinski definition) is 3. The van der Waals surface area contributed by atoms with Crippen molar-refractivity contribution in [3.05, 3.63) is 47.5 Å². The van der Waals surface area contributed by atoms with Gasteiger partial charge in [0.15, 0.2) is 0 Å². The quantitative estimate of drug-likeness (QED) is 0.901. The number of amides is 1. The first-order chi connectivity index (χ1) is 9.75. The Hall–Kier alpha value is -1.72. The highest BCUT2D eigenvalue weighted by Crippen LogP contribution is 2.25. The standard InChI is InChI=1S/C15H18N4O.2ClH/c1-19-9-8-17-14(19)10-18-15(20)12-4-2-6-13-11(12)5-3-7-16-13;;/h2,4,6,8-9,16H,3,5,7,10H2,1H3,(H,18,20);2*1H. The highest BCUT2D eigenvalue weighted by atomic mass is 35.5. The molecular weight excluding hydrogens is 323 g/mol. The molecule has 0 saturated carbocycles. The van der Waals surface area contributed by atoms with Gasteiger partial charge in [0.1, 0.15) is 5.82 Å². The molecule has 7 heteroatoms. The fourth-order valence-corrected chi connectivity index (χ4v) is 2.54. The van der Waals surface area contributed by atoms with Gasteiger partial charge in [-0.1, -0.05) is 6.07 Å². The van der Waals surface area contributed by atoms with Gasteiger partial charge in [0, 0.05) is 37.2 Å². The summed E-state index contributed by atoms with van der Waals surface area (Å²) in [5.74, 6) is 0.815. The van der Waals surface area contributed by atoms with E-state index in [9.17, 15) is 4.79 Å². The lowest BCUT2D eigenvalue weighted by Gasteiger charge is -2.20. The second-order valence-corrected chi connectivity index (χ2v) is 5.00. The molecule has 0 aliphatic carbocycles. The van der Waals surface area contributed by atoms with Crippen LogP contribution in [0.25, 0.3) is 0 Å². The SMILES string of the molecule is Cl.Cl.Cn1ccnc1CNC(=O)c1cccc2c1CCCN2. The summed E-state index contributed by atoms with van der Waals surface area (Å²) in [6.45, 7) is 1.42. The van der Waals surface area contributed by atoms with Crippen LogP contribution in [0.5, 0.6) is 0 Å². The summed E-state index contributed by atoms with van der Waals surface area (Å²) < 4.78 is 1.91. The van der Waals surface area contributed by atoms with Gasteiger partial charge >= 0.3 is 0 Å². The van der Waals surface area contributed by atoms with Crippen LogP contribution in [0.15, 0.2) is 30.6 Å². The Morgan fingerprint density at radius 1 is 1.41 bits per heavy atom. The van der Waals surface area contributed by atoms with Gasteiger partial charge in [0.25, 0.3) is 5.91 Å². The summed E-state index contributed by atoms with van der Waals surface area (Å²) in [6, 6.07) is 5.84. The normalized spacial score (nSPS) is 12.2. The molecular formula is C15H20Cl2N4O. The average molecular weight is 343 g/mol. The van der Waals surface area contributed by atoms with Crippen LogP contribution in [-0.2, 0) is 20.0 Å². The molecule has 3 rings (SSSR count). The number of nitrogens with one attached hydrogen (secondary N) is 2. The van der Waals surface area contributed by atoms with Gasteiger partial charge in [-0.05, 0) is 30.5 Å². The van der Waals surface area contributed by atoms with E-state index >= 15 is 0 Å². The molecule has 0 unspecified atom stereocenters. The fourth-order valence-electron chi connectivity index (χ4n) is 2.54. The maximum Gasteiger partial charge on any atom is 0.252 e. The number of aryl methyl sites for hydroxylation is 1. The van der Waals surface area contributed by atoms with Crippen molar-refractivity contribution in [1.82, 2.24) is 14.9 Å². The first kappa shape index (κ1) is 18.3. The molecule has 0 spiro atoms. The summed E-state index contributed by atoms with van der Waals surface area (Å²) in [7, 11) is 1.92. The number of imidazole rings is 1. The lowest BCUT2D eigenvalue weighted by molar-refractivity contribution is 0.0948. The van der Waals surface area contributed by atoms with Crippen LogP contribution in [0, 0.1) is 0 Å². The molecule has 1 aromatic heterocycles. The molecule has 22 heavy (non-hydrogen) atoms. The van der Waals surface area contributed by atoms with Gasteiger partial charge in [0.05, 0.1) is 6.54 Å². The van der Waals surface area contributed by atoms with Crippen LogP contribution >= 0.6 is 24.8 Å². The monoisotopic (exact) mass is 342 g/mol. The largest absolute Gasteiger partial charge is 0.385 e. The molecule has 0 saturated heterocycles. The number of aromatic nitrogens is 2. The Morgan fingerprint density at radius 2 is 2.23 bits per heavy atom. The minimum Gasteiger partial charge on any atom is -0.385 e. The topological polar surface area (TPSA) is 59.0 Å². The third-order valence-electron chi connectivity index (χ3n) is 3.67. The molecule has 0 radical (unpaired) electrons. The van der Waals surface area contributed by atoms with Gasteiger partial charge in [-0.2, -0.15) is 0 Å². The van der Waals surface area contributed by atoms with Gasteiger partial charge < -0.3 is 15.2 Å². The number of hydrogen-bond donors (Lipinski definition) is 2. The molecule has 1 aliphatic heterocycles. The van der Waals surface area contributed by atoms with Crippen molar-refractivity contribution in [3.63, 3.8) is 0 Å². The molecule has 2 N–H and O–H groups in total. The van der Waals surface area contributed by atoms with E-state index in [0.717, 1.165) is 42.0 Å². The third-order valence-corrected chi connectivity index (χ3v) is 3.67. The molecule has 1 aliphatic rings. The number of carbonyl (C=O) groups is 1. The number of halogens is 2. The van der Waals surface area contributed by atoms with Crippen LogP contribution in [0.4, 0.5) is 5.69 Å². The van der Waals surface area contributed by atoms with Crippen LogP contribution in [-0.4, -0.2) is 22.0 Å². The predicted octanol–water partition coefficient (Wildman–Crippen LogP) is 2.55. The number of anilines is 1. The van der Waals surface area contributed by atoms with Crippen LogP contribution < -0.4 is 10.6 Å². The number of rotatable bonds is 3. The first-order valence-corrected chi connectivity index (χ1v) is 6.86. The zero-order valence-corrected chi connectivity index (χ0v) is 14.0. The third kappa shape index (κ3) is 3.72. The number of nitrogens with zero attached hydrogens (tertiary/aromatic N) is 2. The summed E-state index contributed by atoms with van der Waals surface area (Å²) >= 11 is 0. The van der Waals surface area contributed by atoms with E-state index in [1.165, 1.54) is 0 Å². The summed E-state index contributed by atoms with van der Waals surface area (Å²) in [6.07, 6.45) is 5.62. The Labute approximate surface area is 142 Å². The van der Waals surface area contributed by atoms with E-state index in [4.69, 9.17) is 0 Å². The second-order valence-electron chi connectivity index (χ2n) is 5.00. The molecule has 5 nitrogen and oxygen atoms in total. The Balaban J connectivity index is 0.00000121. The summed E-state index contributed by atoms with van der Waals surface area (Å²) in [4.78, 5) is 16.6. The van der Waals surface area contributed by atoms with Crippen molar-refractivity contribution in [2.45, 2.75) is 19.4 Å². The van der Waals surface area contributed by atoms with E-state index in [2.05, 4.69) is 15.6 Å². The lowest BCUT2D eigenvalue weighted by Crippen LogP contribution is -2.26. The Bertz CT molecular complexity index is 642. The molecule has 2 heterocycles. The molecule has 1 aromatic carbocycles. The average Bonchev–Trinajstić information content (AvgIpc) is 2.89. The van der Waals surface area contributed by atoms with Crippen molar-refractivity contribution in [2.75, 3.05) is 11.9 Å². The highest BCUT2D eigenvalue weighted by molar-refractivity contribution is 5.97. The van der Waals surface area contributed by atoms with Gasteiger partial charge in [-0.3, -0.25) is 4.79 Å². The van der Waals surface area contributed by atoms with E-state index < -0.39 is 0 Å². The van der Waals surface area contributed by atoms with Crippen molar-refractivity contribution in [2.24, 2.45) is 7.05 Å². The van der Waals surface area contributed by atoms with E-state index in [1.54, 1.807) is 6.20 Å². The van der Waals surface area contributed by atoms with Crippen molar-refractivity contribution in [3.8, 4) is 0 Å². The number of benzene rings is 1. The van der Waals surface area contributed by atoms with E-state index in [1.807, 2.05) is 36.0 Å². The molecule has 0 atom stereocenters. The minimum absolute atomic E-state index is 0. The van der Waals surface area contributed by atoms with Gasteiger partial charge in [-0.25, -0.2) is 4.98 Å². The second kappa shape index (κ2) is 8.06. The maximum atomic E-state index is 12.3. The Morgan fingerprint density at radius 3 is 2.95 bits per heavy atom. The minimum atomic E-state index is -0.0337. The molecule has 120 valence electrons. The van der Waals surface area contributed by atoms with Crippen molar-refractivity contribution < 1.29 is 4.79 Å². The Kier molecular flexibility index (Phi) is 6.71. The summed E-state index contributed by atoms with van der Waals surface area (Å²) in [5.41, 5.74) is 2.97. The molecule has 0 fully saturated rings. The van der Waals surface area contributed by atoms with Gasteiger partial charge in [0.2, 0.25) is 0 Å². The van der Waals surface area contributed by atoms with Crippen molar-refractivity contribution in [1.29, 1.82) is 0 Å². The maximum absolute atomic E-state index is 12.3. The van der Waals surface area contributed by atoms with Crippen LogP contribution in [0.3, 0.4) is 0 Å². The van der Waals surface area contributed by atoms with E-state index in [-0.39, 0.29) is 30.7 Å². The molecule has 2 aromatic rings. The van der Waals surface area contributed by atoms with Crippen molar-refractivity contribution >= 4 is 36.4 Å². The number of fused-ring (bicyclic) bond motifs is 1. The zero-order chi connectivity index (χ0) is 13.9. The lowest BCUT2D eigenvalue weighted by atomic mass is 9.97. The molecule has 1 amide bonds. The number of carbonyl (C=O) groups excluding carboxylic acids is 1. The fraction of sp³-hybridized carbons (Fsp3) is 0.333. The van der Waals surface area contributed by atoms with Crippen LogP contribution in [0.1, 0.15) is 28.2 Å². The smallest absolute Gasteiger partial charge is 0.252 e. The molecule has 0 bridgehead atoms. The van der Waals surface area contributed by atoms with E-state index in [0.29, 0.717) is 6.54 Å². The van der Waals surface area contributed by atoms with Gasteiger partial charge in [-0.15, -0.1) is 24.8 Å². The predicted molar refractivity (Wildman–Crippen MR) is 92.1 cm³/mol. The highest BCUT2D eigenvalue weighted by Gasteiger charge is 2.17. The zero-order valence-electron chi connectivity index (χ0n) is 12.3.